The third-order valence-corrected chi connectivity index (χ3v) is 3.01. The third kappa shape index (κ3) is 3.24. The van der Waals surface area contributed by atoms with Gasteiger partial charge in [-0.05, 0) is 36.4 Å². The third-order valence-electron chi connectivity index (χ3n) is 2.68. The lowest BCUT2D eigenvalue weighted by Gasteiger charge is -2.08. The molecule has 2 rings (SSSR count). The van der Waals surface area contributed by atoms with E-state index in [0.29, 0.717) is 0 Å². The van der Waals surface area contributed by atoms with Crippen LogP contribution in [0.15, 0.2) is 36.4 Å². The smallest absolute Gasteiger partial charge is 0.337 e. The summed E-state index contributed by atoms with van der Waals surface area (Å²) < 4.78 is 0. The number of amides is 1. The predicted octanol–water partition coefficient (Wildman–Crippen LogP) is 2.70. The van der Waals surface area contributed by atoms with E-state index in [1.165, 1.54) is 30.3 Å². The number of phenolic OH excluding ortho intramolecular Hbond substituents is 2. The number of anilines is 1. The topological polar surface area (TPSA) is 107 Å². The Balaban J connectivity index is 2.29. The van der Waals surface area contributed by atoms with E-state index in [-0.39, 0.29) is 33.3 Å². The van der Waals surface area contributed by atoms with Crippen molar-refractivity contribution in [2.45, 2.75) is 0 Å². The van der Waals surface area contributed by atoms with E-state index in [2.05, 4.69) is 5.32 Å². The molecule has 2 aromatic rings. The Morgan fingerprint density at radius 2 is 1.71 bits per heavy atom. The van der Waals surface area contributed by atoms with E-state index in [1.54, 1.807) is 0 Å². The molecule has 6 nitrogen and oxygen atoms in total. The number of nitrogens with one attached hydrogen (secondary N) is 1. The van der Waals surface area contributed by atoms with Gasteiger partial charge in [-0.15, -0.1) is 0 Å². The molecule has 0 unspecified atom stereocenters. The quantitative estimate of drug-likeness (QED) is 0.652. The van der Waals surface area contributed by atoms with Crippen LogP contribution in [0.3, 0.4) is 0 Å². The van der Waals surface area contributed by atoms with Crippen LogP contribution in [0.25, 0.3) is 0 Å². The molecular weight excluding hydrogens is 298 g/mol. The summed E-state index contributed by atoms with van der Waals surface area (Å²) in [6.45, 7) is 0. The molecule has 0 atom stereocenters. The molecule has 0 aliphatic heterocycles. The summed E-state index contributed by atoms with van der Waals surface area (Å²) in [5, 5.41) is 30.3. The van der Waals surface area contributed by atoms with Crippen molar-refractivity contribution in [2.24, 2.45) is 0 Å². The number of carboxylic acids is 1. The molecule has 0 aliphatic carbocycles. The summed E-state index contributed by atoms with van der Waals surface area (Å²) in [6, 6.07) is 7.46. The molecule has 7 heteroatoms. The Hall–Kier alpha value is -2.73. The number of aromatic carboxylic acids is 1. The highest BCUT2D eigenvalue weighted by Gasteiger charge is 2.14. The van der Waals surface area contributed by atoms with Gasteiger partial charge in [-0.3, -0.25) is 4.79 Å². The zero-order valence-corrected chi connectivity index (χ0v) is 11.3. The number of phenols is 2. The van der Waals surface area contributed by atoms with Crippen molar-refractivity contribution in [2.75, 3.05) is 5.32 Å². The molecule has 1 amide bonds. The molecule has 4 N–H and O–H groups in total. The summed E-state index contributed by atoms with van der Waals surface area (Å²) in [7, 11) is 0. The van der Waals surface area contributed by atoms with Crippen molar-refractivity contribution >= 4 is 29.2 Å². The number of halogens is 1. The number of aromatic hydroxyl groups is 2. The first kappa shape index (κ1) is 14.7. The highest BCUT2D eigenvalue weighted by Crippen LogP contribution is 2.25. The first-order valence-corrected chi connectivity index (χ1v) is 6.12. The largest absolute Gasteiger partial charge is 0.508 e. The van der Waals surface area contributed by atoms with Crippen LogP contribution in [-0.4, -0.2) is 27.2 Å². The van der Waals surface area contributed by atoms with Crippen LogP contribution in [0.2, 0.25) is 5.02 Å². The molecule has 0 aliphatic rings. The van der Waals surface area contributed by atoms with Crippen LogP contribution in [0, 0.1) is 0 Å². The van der Waals surface area contributed by atoms with Crippen LogP contribution >= 0.6 is 11.6 Å². The maximum absolute atomic E-state index is 12.0. The SMILES string of the molecule is O=C(Nc1ccc(Cl)c(C(=O)O)c1)c1cc(O)ccc1O. The van der Waals surface area contributed by atoms with Crippen LogP contribution in [0.5, 0.6) is 11.5 Å². The van der Waals surface area contributed by atoms with Gasteiger partial charge in [0.05, 0.1) is 16.1 Å². The summed E-state index contributed by atoms with van der Waals surface area (Å²) in [6.07, 6.45) is 0. The Labute approximate surface area is 124 Å². The molecule has 21 heavy (non-hydrogen) atoms. The summed E-state index contributed by atoms with van der Waals surface area (Å²) in [5.41, 5.74) is -0.0963. The molecule has 0 saturated carbocycles. The minimum atomic E-state index is -1.23. The zero-order valence-electron chi connectivity index (χ0n) is 10.5. The lowest BCUT2D eigenvalue weighted by atomic mass is 10.1. The van der Waals surface area contributed by atoms with Gasteiger partial charge in [-0.25, -0.2) is 4.79 Å². The number of hydrogen-bond acceptors (Lipinski definition) is 4. The molecule has 0 fully saturated rings. The number of hydrogen-bond donors (Lipinski definition) is 4. The fraction of sp³-hybridized carbons (Fsp3) is 0. The van der Waals surface area contributed by atoms with Gasteiger partial charge in [0.2, 0.25) is 0 Å². The molecule has 0 saturated heterocycles. The first-order valence-electron chi connectivity index (χ1n) is 5.74. The zero-order chi connectivity index (χ0) is 15.6. The van der Waals surface area contributed by atoms with Gasteiger partial charge in [0.25, 0.3) is 5.91 Å². The maximum Gasteiger partial charge on any atom is 0.337 e. The standard InChI is InChI=1S/C14H10ClNO5/c15-11-3-1-7(5-9(11)14(20)21)16-13(19)10-6-8(17)2-4-12(10)18/h1-6,17-18H,(H,16,19)(H,20,21). The van der Waals surface area contributed by atoms with E-state index in [4.69, 9.17) is 16.7 Å². The lowest BCUT2D eigenvalue weighted by Crippen LogP contribution is -2.12. The van der Waals surface area contributed by atoms with Crippen molar-refractivity contribution in [1.82, 2.24) is 0 Å². The van der Waals surface area contributed by atoms with Gasteiger partial charge in [0.1, 0.15) is 11.5 Å². The number of carboxylic acid groups (broad SMARTS) is 1. The normalized spacial score (nSPS) is 10.1. The van der Waals surface area contributed by atoms with E-state index in [1.807, 2.05) is 0 Å². The van der Waals surface area contributed by atoms with Crippen molar-refractivity contribution in [1.29, 1.82) is 0 Å². The fourth-order valence-corrected chi connectivity index (χ4v) is 1.87. The second kappa shape index (κ2) is 5.72. The summed E-state index contributed by atoms with van der Waals surface area (Å²) >= 11 is 5.72. The molecule has 0 radical (unpaired) electrons. The lowest BCUT2D eigenvalue weighted by molar-refractivity contribution is 0.0696. The van der Waals surface area contributed by atoms with Gasteiger partial charge in [-0.1, -0.05) is 11.6 Å². The van der Waals surface area contributed by atoms with E-state index >= 15 is 0 Å². The second-order valence-electron chi connectivity index (χ2n) is 4.16. The van der Waals surface area contributed by atoms with Gasteiger partial charge in [0, 0.05) is 5.69 Å². The van der Waals surface area contributed by atoms with Crippen molar-refractivity contribution in [3.8, 4) is 11.5 Å². The van der Waals surface area contributed by atoms with Crippen LogP contribution < -0.4 is 5.32 Å². The van der Waals surface area contributed by atoms with E-state index in [0.717, 1.165) is 6.07 Å². The second-order valence-corrected chi connectivity index (χ2v) is 4.56. The maximum atomic E-state index is 12.0. The van der Waals surface area contributed by atoms with E-state index < -0.39 is 11.9 Å². The van der Waals surface area contributed by atoms with Crippen molar-refractivity contribution in [3.63, 3.8) is 0 Å². The van der Waals surface area contributed by atoms with Gasteiger partial charge in [0.15, 0.2) is 0 Å². The van der Waals surface area contributed by atoms with Gasteiger partial charge >= 0.3 is 5.97 Å². The highest BCUT2D eigenvalue weighted by atomic mass is 35.5. The average molecular weight is 308 g/mol. The molecule has 0 heterocycles. The molecule has 0 spiro atoms. The minimum Gasteiger partial charge on any atom is -0.508 e. The van der Waals surface area contributed by atoms with Gasteiger partial charge < -0.3 is 20.6 Å². The summed E-state index contributed by atoms with van der Waals surface area (Å²) in [5.74, 6) is -2.41. The number of carbonyl (C=O) groups excluding carboxylic acids is 1. The van der Waals surface area contributed by atoms with Crippen molar-refractivity contribution < 1.29 is 24.9 Å². The molecule has 108 valence electrons. The Morgan fingerprint density at radius 3 is 2.38 bits per heavy atom. The fourth-order valence-electron chi connectivity index (χ4n) is 1.67. The average Bonchev–Trinajstić information content (AvgIpc) is 2.43. The Bertz CT molecular complexity index is 729. The number of benzene rings is 2. The molecule has 0 aromatic heterocycles. The number of rotatable bonds is 3. The van der Waals surface area contributed by atoms with Crippen molar-refractivity contribution in [3.05, 3.63) is 52.5 Å². The first-order chi connectivity index (χ1) is 9.88. The monoisotopic (exact) mass is 307 g/mol. The molecular formula is C14H10ClNO5. The minimum absolute atomic E-state index is 0.0423. The Morgan fingerprint density at radius 1 is 1.00 bits per heavy atom. The summed E-state index contributed by atoms with van der Waals surface area (Å²) in [4.78, 5) is 22.9. The Kier molecular flexibility index (Phi) is 4.00. The van der Waals surface area contributed by atoms with Crippen LogP contribution in [0.4, 0.5) is 5.69 Å². The highest BCUT2D eigenvalue weighted by molar-refractivity contribution is 6.33. The predicted molar refractivity (Wildman–Crippen MR) is 76.1 cm³/mol. The molecule has 2 aromatic carbocycles. The van der Waals surface area contributed by atoms with E-state index in [9.17, 15) is 19.8 Å². The molecule has 0 bridgehead atoms. The van der Waals surface area contributed by atoms with Crippen LogP contribution in [-0.2, 0) is 0 Å². The van der Waals surface area contributed by atoms with Crippen LogP contribution in [0.1, 0.15) is 20.7 Å². The van der Waals surface area contributed by atoms with Gasteiger partial charge in [-0.2, -0.15) is 0 Å². The number of carbonyl (C=O) groups is 2.